The van der Waals surface area contributed by atoms with Crippen molar-refractivity contribution in [2.24, 2.45) is 7.05 Å². The summed E-state index contributed by atoms with van der Waals surface area (Å²) < 4.78 is 1.73. The number of benzene rings is 1. The molecule has 0 atom stereocenters. The molecule has 4 N–H and O–H groups in total. The number of carboxylic acids is 1. The Labute approximate surface area is 110 Å². The van der Waals surface area contributed by atoms with Crippen LogP contribution in [-0.4, -0.2) is 20.9 Å². The van der Waals surface area contributed by atoms with E-state index in [1.54, 1.807) is 16.8 Å². The van der Waals surface area contributed by atoms with E-state index in [0.29, 0.717) is 0 Å². The van der Waals surface area contributed by atoms with E-state index in [0.717, 1.165) is 23.5 Å². The molecule has 2 aromatic rings. The van der Waals surface area contributed by atoms with E-state index in [1.807, 2.05) is 20.2 Å². The normalized spacial score (nSPS) is 10.4. The fourth-order valence-corrected chi connectivity index (χ4v) is 1.89. The van der Waals surface area contributed by atoms with Gasteiger partial charge in [0.2, 0.25) is 0 Å². The van der Waals surface area contributed by atoms with Gasteiger partial charge in [0.15, 0.2) is 0 Å². The number of anilines is 3. The van der Waals surface area contributed by atoms with Crippen LogP contribution in [0.5, 0.6) is 0 Å². The Balaban J connectivity index is 2.28. The largest absolute Gasteiger partial charge is 0.478 e. The van der Waals surface area contributed by atoms with Gasteiger partial charge in [-0.1, -0.05) is 6.92 Å². The number of rotatable bonds is 4. The minimum absolute atomic E-state index is 0.104. The summed E-state index contributed by atoms with van der Waals surface area (Å²) in [4.78, 5) is 10.9. The second-order valence-corrected chi connectivity index (χ2v) is 4.25. The Morgan fingerprint density at radius 1 is 1.53 bits per heavy atom. The SMILES string of the molecule is CCc1nn(C)cc1Nc1ccc(C(=O)O)c(N)c1. The summed E-state index contributed by atoms with van der Waals surface area (Å²) in [6, 6.07) is 4.78. The number of aryl methyl sites for hydroxylation is 2. The molecule has 0 bridgehead atoms. The van der Waals surface area contributed by atoms with Crippen molar-refractivity contribution in [3.63, 3.8) is 0 Å². The van der Waals surface area contributed by atoms with Crippen LogP contribution in [0, 0.1) is 0 Å². The van der Waals surface area contributed by atoms with Crippen LogP contribution in [0.2, 0.25) is 0 Å². The van der Waals surface area contributed by atoms with Gasteiger partial charge in [-0.25, -0.2) is 4.79 Å². The Morgan fingerprint density at radius 3 is 2.84 bits per heavy atom. The molecule has 1 heterocycles. The first-order chi connectivity index (χ1) is 9.01. The van der Waals surface area contributed by atoms with Crippen LogP contribution in [-0.2, 0) is 13.5 Å². The number of nitrogen functional groups attached to an aromatic ring is 1. The molecule has 0 unspecified atom stereocenters. The van der Waals surface area contributed by atoms with Crippen molar-refractivity contribution < 1.29 is 9.90 Å². The van der Waals surface area contributed by atoms with Crippen LogP contribution in [0.25, 0.3) is 0 Å². The summed E-state index contributed by atoms with van der Waals surface area (Å²) in [6.45, 7) is 2.02. The van der Waals surface area contributed by atoms with Crippen molar-refractivity contribution in [3.05, 3.63) is 35.7 Å². The molecular formula is C13H16N4O2. The Hall–Kier alpha value is -2.50. The zero-order valence-corrected chi connectivity index (χ0v) is 10.8. The van der Waals surface area contributed by atoms with Gasteiger partial charge in [-0.3, -0.25) is 4.68 Å². The molecule has 0 saturated carbocycles. The highest BCUT2D eigenvalue weighted by molar-refractivity contribution is 5.94. The fraction of sp³-hybridized carbons (Fsp3) is 0.231. The third kappa shape index (κ3) is 2.67. The lowest BCUT2D eigenvalue weighted by atomic mass is 10.1. The molecule has 6 nitrogen and oxygen atoms in total. The molecule has 0 saturated heterocycles. The molecule has 0 fully saturated rings. The predicted octanol–water partition coefficient (Wildman–Crippen LogP) is 2.01. The molecule has 1 aromatic heterocycles. The van der Waals surface area contributed by atoms with Gasteiger partial charge >= 0.3 is 5.97 Å². The lowest BCUT2D eigenvalue weighted by Crippen LogP contribution is -2.03. The van der Waals surface area contributed by atoms with Crippen LogP contribution in [0.15, 0.2) is 24.4 Å². The van der Waals surface area contributed by atoms with Crippen molar-refractivity contribution in [3.8, 4) is 0 Å². The first-order valence-electron chi connectivity index (χ1n) is 5.93. The van der Waals surface area contributed by atoms with Crippen molar-refractivity contribution in [1.29, 1.82) is 0 Å². The number of nitrogens with two attached hydrogens (primary N) is 1. The first-order valence-corrected chi connectivity index (χ1v) is 5.93. The Kier molecular flexibility index (Phi) is 3.41. The smallest absolute Gasteiger partial charge is 0.337 e. The number of aromatic carboxylic acids is 1. The number of hydrogen-bond acceptors (Lipinski definition) is 4. The third-order valence-electron chi connectivity index (χ3n) is 2.80. The minimum atomic E-state index is -1.03. The van der Waals surface area contributed by atoms with E-state index in [4.69, 9.17) is 10.8 Å². The molecule has 2 rings (SSSR count). The fourth-order valence-electron chi connectivity index (χ4n) is 1.89. The molecule has 0 spiro atoms. The van der Waals surface area contributed by atoms with E-state index in [2.05, 4.69) is 10.4 Å². The Bertz CT molecular complexity index is 619. The second kappa shape index (κ2) is 5.01. The monoisotopic (exact) mass is 260 g/mol. The molecular weight excluding hydrogens is 244 g/mol. The zero-order valence-electron chi connectivity index (χ0n) is 10.8. The van der Waals surface area contributed by atoms with E-state index in [1.165, 1.54) is 6.07 Å². The van der Waals surface area contributed by atoms with Crippen molar-refractivity contribution >= 4 is 23.0 Å². The lowest BCUT2D eigenvalue weighted by molar-refractivity contribution is 0.0698. The van der Waals surface area contributed by atoms with E-state index in [-0.39, 0.29) is 11.3 Å². The van der Waals surface area contributed by atoms with Crippen LogP contribution in [0.4, 0.5) is 17.1 Å². The van der Waals surface area contributed by atoms with E-state index in [9.17, 15) is 4.79 Å². The highest BCUT2D eigenvalue weighted by Crippen LogP contribution is 2.23. The average Bonchev–Trinajstić information content (AvgIpc) is 2.69. The van der Waals surface area contributed by atoms with Crippen LogP contribution in [0.1, 0.15) is 23.0 Å². The number of hydrogen-bond donors (Lipinski definition) is 3. The number of aromatic nitrogens is 2. The molecule has 0 aliphatic rings. The molecule has 0 amide bonds. The molecule has 0 aliphatic carbocycles. The average molecular weight is 260 g/mol. The molecule has 19 heavy (non-hydrogen) atoms. The maximum atomic E-state index is 10.9. The van der Waals surface area contributed by atoms with Gasteiger partial charge in [-0.2, -0.15) is 5.10 Å². The molecule has 6 heteroatoms. The quantitative estimate of drug-likeness (QED) is 0.731. The number of carboxylic acid groups (broad SMARTS) is 1. The molecule has 0 radical (unpaired) electrons. The summed E-state index contributed by atoms with van der Waals surface area (Å²) in [7, 11) is 1.85. The summed E-state index contributed by atoms with van der Waals surface area (Å²) >= 11 is 0. The number of nitrogens with zero attached hydrogens (tertiary/aromatic N) is 2. The standard InChI is InChI=1S/C13H16N4O2/c1-3-11-12(7-17(2)16-11)15-8-4-5-9(13(18)19)10(14)6-8/h4-7,15H,3,14H2,1-2H3,(H,18,19). The lowest BCUT2D eigenvalue weighted by Gasteiger charge is -2.08. The van der Waals surface area contributed by atoms with Gasteiger partial charge in [0, 0.05) is 24.6 Å². The molecule has 100 valence electrons. The van der Waals surface area contributed by atoms with Crippen molar-refractivity contribution in [1.82, 2.24) is 9.78 Å². The summed E-state index contributed by atoms with van der Waals surface area (Å²) in [5, 5.41) is 16.4. The predicted molar refractivity (Wildman–Crippen MR) is 73.7 cm³/mol. The van der Waals surface area contributed by atoms with Gasteiger partial charge in [0.1, 0.15) is 0 Å². The second-order valence-electron chi connectivity index (χ2n) is 4.25. The summed E-state index contributed by atoms with van der Waals surface area (Å²) in [5.41, 5.74) is 8.63. The molecule has 0 aliphatic heterocycles. The van der Waals surface area contributed by atoms with Crippen LogP contribution in [0.3, 0.4) is 0 Å². The highest BCUT2D eigenvalue weighted by Gasteiger charge is 2.10. The van der Waals surface area contributed by atoms with E-state index < -0.39 is 5.97 Å². The van der Waals surface area contributed by atoms with Gasteiger partial charge in [0.25, 0.3) is 0 Å². The Morgan fingerprint density at radius 2 is 2.26 bits per heavy atom. The first kappa shape index (κ1) is 12.9. The van der Waals surface area contributed by atoms with Crippen LogP contribution >= 0.6 is 0 Å². The topological polar surface area (TPSA) is 93.2 Å². The molecule has 1 aromatic carbocycles. The summed E-state index contributed by atoms with van der Waals surface area (Å²) in [6.07, 6.45) is 2.69. The van der Waals surface area contributed by atoms with Gasteiger partial charge < -0.3 is 16.2 Å². The van der Waals surface area contributed by atoms with Gasteiger partial charge in [-0.15, -0.1) is 0 Å². The maximum absolute atomic E-state index is 10.9. The van der Waals surface area contributed by atoms with Crippen LogP contribution < -0.4 is 11.1 Å². The zero-order chi connectivity index (χ0) is 14.0. The summed E-state index contributed by atoms with van der Waals surface area (Å²) in [5.74, 6) is -1.03. The van der Waals surface area contributed by atoms with Crippen molar-refractivity contribution in [2.75, 3.05) is 11.1 Å². The number of nitrogens with one attached hydrogen (secondary N) is 1. The highest BCUT2D eigenvalue weighted by atomic mass is 16.4. The van der Waals surface area contributed by atoms with Crippen molar-refractivity contribution in [2.45, 2.75) is 13.3 Å². The minimum Gasteiger partial charge on any atom is -0.478 e. The van der Waals surface area contributed by atoms with Gasteiger partial charge in [-0.05, 0) is 24.6 Å². The third-order valence-corrected chi connectivity index (χ3v) is 2.80. The van der Waals surface area contributed by atoms with E-state index >= 15 is 0 Å². The van der Waals surface area contributed by atoms with Gasteiger partial charge in [0.05, 0.1) is 16.9 Å². The maximum Gasteiger partial charge on any atom is 0.337 e. The number of carbonyl (C=O) groups is 1.